The summed E-state index contributed by atoms with van der Waals surface area (Å²) in [6.07, 6.45) is 6.09. The molecule has 23 heavy (non-hydrogen) atoms. The highest BCUT2D eigenvalue weighted by Crippen LogP contribution is 2.26. The third-order valence-electron chi connectivity index (χ3n) is 4.02. The Labute approximate surface area is 143 Å². The molecule has 7 heteroatoms. The normalized spacial score (nSPS) is 16.7. The van der Waals surface area contributed by atoms with Gasteiger partial charge in [-0.25, -0.2) is 9.48 Å². The summed E-state index contributed by atoms with van der Waals surface area (Å²) in [4.78, 5) is 16.8. The Hall–Kier alpha value is -1.66. The zero-order chi connectivity index (χ0) is 16.4. The van der Waals surface area contributed by atoms with Crippen LogP contribution in [0.1, 0.15) is 42.5 Å². The maximum atomic E-state index is 11.0. The largest absolute Gasteiger partial charge is 0.478 e. The van der Waals surface area contributed by atoms with Crippen LogP contribution in [0.4, 0.5) is 0 Å². The Morgan fingerprint density at radius 1 is 1.39 bits per heavy atom. The molecule has 1 saturated carbocycles. The molecule has 1 N–H and O–H groups in total. The van der Waals surface area contributed by atoms with Crippen molar-refractivity contribution in [1.82, 2.24) is 9.78 Å². The number of carboxylic acids is 1. The minimum Gasteiger partial charge on any atom is -0.478 e. The van der Waals surface area contributed by atoms with Gasteiger partial charge in [0.15, 0.2) is 0 Å². The van der Waals surface area contributed by atoms with Gasteiger partial charge >= 0.3 is 5.97 Å². The second-order valence-corrected chi connectivity index (χ2v) is 7.10. The lowest BCUT2D eigenvalue weighted by Crippen LogP contribution is -2.18. The number of aromatic carboxylic acids is 1. The van der Waals surface area contributed by atoms with E-state index in [0.29, 0.717) is 6.04 Å². The molecule has 0 aliphatic heterocycles. The van der Waals surface area contributed by atoms with E-state index in [1.54, 1.807) is 16.8 Å². The van der Waals surface area contributed by atoms with Crippen LogP contribution in [-0.2, 0) is 7.05 Å². The highest BCUT2D eigenvalue weighted by molar-refractivity contribution is 7.12. The third-order valence-corrected chi connectivity index (χ3v) is 5.40. The van der Waals surface area contributed by atoms with Crippen LogP contribution in [-0.4, -0.2) is 26.9 Å². The zero-order valence-electron chi connectivity index (χ0n) is 12.8. The lowest BCUT2D eigenvalue weighted by molar-refractivity contribution is 0.0697. The van der Waals surface area contributed by atoms with E-state index >= 15 is 0 Å². The molecule has 122 valence electrons. The van der Waals surface area contributed by atoms with Crippen LogP contribution in [0, 0.1) is 0 Å². The van der Waals surface area contributed by atoms with Gasteiger partial charge in [0.05, 0.1) is 16.6 Å². The van der Waals surface area contributed by atoms with Crippen molar-refractivity contribution in [2.75, 3.05) is 0 Å². The molecular formula is C16H18ClN3O2S. The van der Waals surface area contributed by atoms with E-state index in [9.17, 15) is 4.79 Å². The second-order valence-electron chi connectivity index (χ2n) is 5.73. The van der Waals surface area contributed by atoms with E-state index in [4.69, 9.17) is 21.7 Å². The van der Waals surface area contributed by atoms with Crippen LogP contribution in [0.5, 0.6) is 0 Å². The summed E-state index contributed by atoms with van der Waals surface area (Å²) in [5.41, 5.74) is 0.911. The lowest BCUT2D eigenvalue weighted by Gasteiger charge is -2.16. The van der Waals surface area contributed by atoms with Crippen molar-refractivity contribution in [3.8, 4) is 10.6 Å². The minimum atomic E-state index is -1.03. The summed E-state index contributed by atoms with van der Waals surface area (Å²) >= 11 is 7.55. The van der Waals surface area contributed by atoms with E-state index < -0.39 is 5.97 Å². The molecule has 2 aromatic rings. The minimum absolute atomic E-state index is 0.100. The number of aryl methyl sites for hydroxylation is 1. The SMILES string of the molecule is Cn1nc(-c2ccc(C(=O)O)c(Cl)c2)sc1=NC1CCCCC1. The molecule has 1 aromatic heterocycles. The summed E-state index contributed by atoms with van der Waals surface area (Å²) in [5.74, 6) is -1.03. The average molecular weight is 352 g/mol. The standard InChI is InChI=1S/C16H18ClN3O2S/c1-20-16(18-11-5-3-2-4-6-11)23-14(19-20)10-7-8-12(15(21)22)13(17)9-10/h7-9,11H,2-6H2,1H3,(H,21,22). The van der Waals surface area contributed by atoms with Crippen LogP contribution in [0.3, 0.4) is 0 Å². The molecule has 1 aliphatic rings. The number of aromatic nitrogens is 2. The summed E-state index contributed by atoms with van der Waals surface area (Å²) < 4.78 is 1.79. The molecule has 5 nitrogen and oxygen atoms in total. The molecule has 1 fully saturated rings. The van der Waals surface area contributed by atoms with E-state index in [1.165, 1.54) is 36.7 Å². The van der Waals surface area contributed by atoms with Gasteiger partial charge in [0.25, 0.3) is 0 Å². The van der Waals surface area contributed by atoms with Crippen LogP contribution >= 0.6 is 22.9 Å². The third kappa shape index (κ3) is 3.64. The number of rotatable bonds is 3. The first kappa shape index (κ1) is 16.2. The Morgan fingerprint density at radius 3 is 2.78 bits per heavy atom. The lowest BCUT2D eigenvalue weighted by atomic mass is 9.96. The fourth-order valence-corrected chi connectivity index (χ4v) is 3.98. The van der Waals surface area contributed by atoms with E-state index in [1.807, 2.05) is 7.05 Å². The maximum Gasteiger partial charge on any atom is 0.337 e. The van der Waals surface area contributed by atoms with Gasteiger partial charge in [-0.2, -0.15) is 5.10 Å². The molecule has 0 amide bonds. The Bertz CT molecular complexity index is 791. The average Bonchev–Trinajstić information content (AvgIpc) is 2.89. The molecule has 0 spiro atoms. The summed E-state index contributed by atoms with van der Waals surface area (Å²) in [7, 11) is 1.88. The number of nitrogens with zero attached hydrogens (tertiary/aromatic N) is 3. The predicted molar refractivity (Wildman–Crippen MR) is 90.9 cm³/mol. The van der Waals surface area contributed by atoms with Crippen molar-refractivity contribution in [3.05, 3.63) is 33.6 Å². The first-order valence-corrected chi connectivity index (χ1v) is 8.85. The van der Waals surface area contributed by atoms with Crippen LogP contribution in [0.25, 0.3) is 10.6 Å². The molecule has 0 bridgehead atoms. The highest BCUT2D eigenvalue weighted by atomic mass is 35.5. The summed E-state index contributed by atoms with van der Waals surface area (Å²) in [6, 6.07) is 5.29. The Morgan fingerprint density at radius 2 is 2.13 bits per heavy atom. The zero-order valence-corrected chi connectivity index (χ0v) is 14.4. The quantitative estimate of drug-likeness (QED) is 0.916. The fraction of sp³-hybridized carbons (Fsp3) is 0.438. The van der Waals surface area contributed by atoms with Crippen LogP contribution < -0.4 is 4.80 Å². The van der Waals surface area contributed by atoms with E-state index in [-0.39, 0.29) is 10.6 Å². The smallest absolute Gasteiger partial charge is 0.337 e. The van der Waals surface area contributed by atoms with Crippen molar-refractivity contribution in [3.63, 3.8) is 0 Å². The topological polar surface area (TPSA) is 67.5 Å². The van der Waals surface area contributed by atoms with Gasteiger partial charge in [-0.15, -0.1) is 0 Å². The molecule has 3 rings (SSSR count). The second kappa shape index (κ2) is 6.84. The monoisotopic (exact) mass is 351 g/mol. The molecule has 0 radical (unpaired) electrons. The summed E-state index contributed by atoms with van der Waals surface area (Å²) in [6.45, 7) is 0. The van der Waals surface area contributed by atoms with E-state index in [0.717, 1.165) is 28.2 Å². The number of hydrogen-bond donors (Lipinski definition) is 1. The highest BCUT2D eigenvalue weighted by Gasteiger charge is 2.14. The van der Waals surface area contributed by atoms with E-state index in [2.05, 4.69) is 5.10 Å². The molecule has 0 saturated heterocycles. The number of carbonyl (C=O) groups is 1. The number of carboxylic acid groups (broad SMARTS) is 1. The first-order chi connectivity index (χ1) is 11.0. The van der Waals surface area contributed by atoms with Gasteiger partial charge in [-0.1, -0.05) is 48.3 Å². The van der Waals surface area contributed by atoms with Crippen molar-refractivity contribution in [2.24, 2.45) is 12.0 Å². The molecule has 1 heterocycles. The van der Waals surface area contributed by atoms with Gasteiger partial charge in [-0.3, -0.25) is 4.99 Å². The van der Waals surface area contributed by atoms with Crippen LogP contribution in [0.2, 0.25) is 5.02 Å². The fourth-order valence-electron chi connectivity index (χ4n) is 2.77. The molecule has 1 aromatic carbocycles. The van der Waals surface area contributed by atoms with Gasteiger partial charge in [0.1, 0.15) is 5.01 Å². The molecule has 1 aliphatic carbocycles. The first-order valence-electron chi connectivity index (χ1n) is 7.66. The Balaban J connectivity index is 1.92. The van der Waals surface area contributed by atoms with Gasteiger partial charge < -0.3 is 5.11 Å². The molecular weight excluding hydrogens is 334 g/mol. The molecule has 0 atom stereocenters. The van der Waals surface area contributed by atoms with Gasteiger partial charge in [-0.05, 0) is 25.0 Å². The summed E-state index contributed by atoms with van der Waals surface area (Å²) in [5, 5.41) is 14.6. The van der Waals surface area contributed by atoms with Crippen molar-refractivity contribution in [2.45, 2.75) is 38.1 Å². The van der Waals surface area contributed by atoms with Gasteiger partial charge in [0, 0.05) is 12.6 Å². The maximum absolute atomic E-state index is 11.0. The number of hydrogen-bond acceptors (Lipinski definition) is 4. The van der Waals surface area contributed by atoms with Crippen LogP contribution in [0.15, 0.2) is 23.2 Å². The number of halogens is 1. The van der Waals surface area contributed by atoms with Gasteiger partial charge in [0.2, 0.25) is 4.80 Å². The van der Waals surface area contributed by atoms with Crippen molar-refractivity contribution in [1.29, 1.82) is 0 Å². The predicted octanol–water partition coefficient (Wildman–Crippen LogP) is 3.73. The molecule has 0 unspecified atom stereocenters. The Kier molecular flexibility index (Phi) is 4.82. The van der Waals surface area contributed by atoms with Crippen molar-refractivity contribution >= 4 is 28.9 Å². The number of benzene rings is 1. The van der Waals surface area contributed by atoms with Crippen molar-refractivity contribution < 1.29 is 9.90 Å².